The third-order valence-electron chi connectivity index (χ3n) is 5.16. The molecule has 1 unspecified atom stereocenters. The molecule has 0 saturated carbocycles. The third kappa shape index (κ3) is 9.59. The lowest BCUT2D eigenvalue weighted by Gasteiger charge is -2.14. The zero-order valence-electron chi connectivity index (χ0n) is 20.8. The number of hydrogen-bond donors (Lipinski definition) is 3. The van der Waals surface area contributed by atoms with E-state index in [1.807, 2.05) is 42.5 Å². The van der Waals surface area contributed by atoms with Crippen molar-refractivity contribution in [1.82, 2.24) is 10.3 Å². The molecule has 0 aliphatic carbocycles. The smallest absolute Gasteiger partial charge is 0.491 e. The Hall–Kier alpha value is -3.58. The first kappa shape index (κ1) is 28.4. The van der Waals surface area contributed by atoms with E-state index in [0.717, 1.165) is 5.75 Å². The summed E-state index contributed by atoms with van der Waals surface area (Å²) in [6, 6.07) is 21.0. The molecule has 0 radical (unpaired) electrons. The van der Waals surface area contributed by atoms with Gasteiger partial charge in [-0.05, 0) is 36.4 Å². The summed E-state index contributed by atoms with van der Waals surface area (Å²) in [6.45, 7) is 2.18. The number of nitrogens with zero attached hydrogens (tertiary/aromatic N) is 1. The maximum atomic E-state index is 12.6. The lowest BCUT2D eigenvalue weighted by Crippen LogP contribution is -2.33. The third-order valence-corrected chi connectivity index (χ3v) is 6.14. The second-order valence-corrected chi connectivity index (χ2v) is 9.30. The Balaban J connectivity index is 1.07. The fraction of sp³-hybridized carbons (Fsp3) is 0.296. The van der Waals surface area contributed by atoms with E-state index in [9.17, 15) is 18.3 Å². The fourth-order valence-corrected chi connectivity index (χ4v) is 4.36. The number of ether oxygens (including phenoxy) is 4. The molecular weight excluding hydrogens is 535 g/mol. The van der Waals surface area contributed by atoms with Gasteiger partial charge in [0.25, 0.3) is 0 Å². The molecule has 208 valence electrons. The van der Waals surface area contributed by atoms with Gasteiger partial charge in [-0.25, -0.2) is 4.98 Å². The number of hydrogen-bond acceptors (Lipinski definition) is 9. The number of nitrogens with one attached hydrogen (secondary N) is 2. The number of fused-ring (bicyclic) bond motifs is 1. The Labute approximate surface area is 227 Å². The van der Waals surface area contributed by atoms with Crippen molar-refractivity contribution < 1.29 is 37.2 Å². The minimum Gasteiger partial charge on any atom is -0.491 e. The molecule has 0 fully saturated rings. The van der Waals surface area contributed by atoms with Gasteiger partial charge in [-0.15, -0.1) is 13.2 Å². The summed E-state index contributed by atoms with van der Waals surface area (Å²) in [5, 5.41) is 16.8. The molecular formula is C27H28F3N3O5S. The number of aliphatic hydroxyl groups excluding tert-OH is 1. The molecule has 0 spiro atoms. The summed E-state index contributed by atoms with van der Waals surface area (Å²) in [6.07, 6.45) is -5.49. The molecule has 8 nitrogen and oxygen atoms in total. The Morgan fingerprint density at radius 3 is 2.46 bits per heavy atom. The van der Waals surface area contributed by atoms with Crippen LogP contribution in [-0.4, -0.2) is 62.0 Å². The summed E-state index contributed by atoms with van der Waals surface area (Å²) < 4.78 is 59.3. The van der Waals surface area contributed by atoms with E-state index in [2.05, 4.69) is 20.4 Å². The van der Waals surface area contributed by atoms with E-state index in [0.29, 0.717) is 54.2 Å². The second kappa shape index (κ2) is 14.0. The summed E-state index contributed by atoms with van der Waals surface area (Å²) in [4.78, 5) is 4.19. The highest BCUT2D eigenvalue weighted by Gasteiger charge is 2.32. The van der Waals surface area contributed by atoms with Gasteiger partial charge in [0.1, 0.15) is 35.5 Å². The topological polar surface area (TPSA) is 94.1 Å². The molecule has 1 atom stereocenters. The summed E-state index contributed by atoms with van der Waals surface area (Å²) in [5.41, 5.74) is 0.156. The van der Waals surface area contributed by atoms with Gasteiger partial charge in [-0.1, -0.05) is 41.7 Å². The number of aliphatic hydroxyl groups is 1. The Kier molecular flexibility index (Phi) is 10.2. The number of benzene rings is 3. The highest BCUT2D eigenvalue weighted by Crippen LogP contribution is 2.34. The molecule has 39 heavy (non-hydrogen) atoms. The molecule has 0 saturated heterocycles. The molecule has 3 aromatic carbocycles. The van der Waals surface area contributed by atoms with Gasteiger partial charge in [0.2, 0.25) is 0 Å². The zero-order chi connectivity index (χ0) is 27.5. The summed E-state index contributed by atoms with van der Waals surface area (Å²) in [7, 11) is 0. The molecule has 1 heterocycles. The monoisotopic (exact) mass is 563 g/mol. The normalized spacial score (nSPS) is 12.3. The largest absolute Gasteiger partial charge is 0.573 e. The number of rotatable bonds is 15. The average Bonchev–Trinajstić information content (AvgIpc) is 3.33. The Morgan fingerprint density at radius 2 is 1.64 bits per heavy atom. The minimum absolute atomic E-state index is 0.116. The molecule has 3 N–H and O–H groups in total. The van der Waals surface area contributed by atoms with Crippen LogP contribution in [0.25, 0.3) is 10.2 Å². The van der Waals surface area contributed by atoms with Gasteiger partial charge >= 0.3 is 6.36 Å². The van der Waals surface area contributed by atoms with Crippen LogP contribution in [-0.2, 0) is 4.74 Å². The predicted octanol–water partition coefficient (Wildman–Crippen LogP) is 5.45. The number of thiazole rings is 1. The van der Waals surface area contributed by atoms with Crippen molar-refractivity contribution in [2.75, 3.05) is 44.8 Å². The van der Waals surface area contributed by atoms with E-state index in [1.54, 1.807) is 18.2 Å². The summed E-state index contributed by atoms with van der Waals surface area (Å²) >= 11 is 1.23. The maximum absolute atomic E-state index is 12.6. The highest BCUT2D eigenvalue weighted by molar-refractivity contribution is 7.22. The molecule has 0 aliphatic rings. The molecule has 4 rings (SSSR count). The van der Waals surface area contributed by atoms with Crippen LogP contribution in [0.2, 0.25) is 0 Å². The first-order valence-electron chi connectivity index (χ1n) is 12.2. The zero-order valence-corrected chi connectivity index (χ0v) is 21.6. The van der Waals surface area contributed by atoms with Gasteiger partial charge in [-0.2, -0.15) is 0 Å². The molecule has 1 aromatic heterocycles. The van der Waals surface area contributed by atoms with E-state index in [-0.39, 0.29) is 17.9 Å². The Morgan fingerprint density at radius 1 is 0.897 bits per heavy atom. The van der Waals surface area contributed by atoms with E-state index < -0.39 is 12.5 Å². The van der Waals surface area contributed by atoms with Crippen LogP contribution in [0.5, 0.6) is 23.0 Å². The van der Waals surface area contributed by atoms with Gasteiger partial charge in [0, 0.05) is 25.7 Å². The number of halogens is 3. The lowest BCUT2D eigenvalue weighted by atomic mass is 10.3. The number of alkyl halides is 3. The van der Waals surface area contributed by atoms with Gasteiger partial charge < -0.3 is 34.7 Å². The second-order valence-electron chi connectivity index (χ2n) is 8.27. The van der Waals surface area contributed by atoms with Crippen molar-refractivity contribution in [3.63, 3.8) is 0 Å². The van der Waals surface area contributed by atoms with Crippen molar-refractivity contribution in [3.8, 4) is 23.0 Å². The quantitative estimate of drug-likeness (QED) is 0.165. The van der Waals surface area contributed by atoms with Crippen molar-refractivity contribution in [2.45, 2.75) is 12.5 Å². The average molecular weight is 564 g/mol. The SMILES string of the molecule is OC(CNCCOCCNc1nc2c(OC(F)(F)F)cccc2s1)COc1cccc(Oc2ccccc2)c1. The first-order valence-corrected chi connectivity index (χ1v) is 13.0. The number of aromatic nitrogens is 1. The minimum atomic E-state index is -4.78. The van der Waals surface area contributed by atoms with Gasteiger partial charge in [0.05, 0.1) is 17.9 Å². The van der Waals surface area contributed by atoms with Gasteiger partial charge in [0.15, 0.2) is 10.9 Å². The van der Waals surface area contributed by atoms with E-state index in [4.69, 9.17) is 14.2 Å². The standard InChI is InChI=1S/C27H28F3N3O5S/c28-27(29,30)38-23-10-5-11-24-25(23)33-26(39-24)32-13-15-35-14-12-31-17-19(34)18-36-21-8-4-9-22(16-21)37-20-6-2-1-3-7-20/h1-11,16,19,31,34H,12-15,17-18H2,(H,32,33). The predicted molar refractivity (Wildman–Crippen MR) is 143 cm³/mol. The van der Waals surface area contributed by atoms with Crippen molar-refractivity contribution >= 4 is 26.7 Å². The van der Waals surface area contributed by atoms with Crippen LogP contribution in [0.4, 0.5) is 18.3 Å². The molecule has 12 heteroatoms. The molecule has 4 aromatic rings. The molecule has 0 bridgehead atoms. The Bertz CT molecular complexity index is 1310. The van der Waals surface area contributed by atoms with Crippen molar-refractivity contribution in [1.29, 1.82) is 0 Å². The lowest BCUT2D eigenvalue weighted by molar-refractivity contribution is -0.274. The van der Waals surface area contributed by atoms with Crippen LogP contribution in [0.15, 0.2) is 72.8 Å². The number of para-hydroxylation sites is 2. The highest BCUT2D eigenvalue weighted by atomic mass is 32.1. The van der Waals surface area contributed by atoms with Crippen LogP contribution in [0.1, 0.15) is 0 Å². The maximum Gasteiger partial charge on any atom is 0.573 e. The van der Waals surface area contributed by atoms with Crippen LogP contribution in [0, 0.1) is 0 Å². The van der Waals surface area contributed by atoms with Crippen molar-refractivity contribution in [2.24, 2.45) is 0 Å². The molecule has 0 amide bonds. The van der Waals surface area contributed by atoms with E-state index >= 15 is 0 Å². The van der Waals surface area contributed by atoms with Crippen LogP contribution in [0.3, 0.4) is 0 Å². The van der Waals surface area contributed by atoms with E-state index in [1.165, 1.54) is 23.5 Å². The van der Waals surface area contributed by atoms with Gasteiger partial charge in [-0.3, -0.25) is 0 Å². The number of anilines is 1. The van der Waals surface area contributed by atoms with Crippen LogP contribution >= 0.6 is 11.3 Å². The summed E-state index contributed by atoms with van der Waals surface area (Å²) in [5.74, 6) is 1.63. The molecule has 0 aliphatic heterocycles. The van der Waals surface area contributed by atoms with Crippen molar-refractivity contribution in [3.05, 3.63) is 72.8 Å². The van der Waals surface area contributed by atoms with Crippen LogP contribution < -0.4 is 24.8 Å². The fourth-order valence-electron chi connectivity index (χ4n) is 3.45. The first-order chi connectivity index (χ1) is 18.9.